The van der Waals surface area contributed by atoms with Crippen LogP contribution in [0.15, 0.2) is 212 Å². The molecule has 0 fully saturated rings. The van der Waals surface area contributed by atoms with Crippen LogP contribution in [0.1, 0.15) is 68.4 Å². The molecular formula is C62H56N2. The summed E-state index contributed by atoms with van der Waals surface area (Å²) < 4.78 is 0. The van der Waals surface area contributed by atoms with Crippen molar-refractivity contribution in [3.8, 4) is 0 Å². The maximum atomic E-state index is 2.46. The summed E-state index contributed by atoms with van der Waals surface area (Å²) in [6.45, 7) is 13.7. The molecule has 10 rings (SSSR count). The van der Waals surface area contributed by atoms with Crippen molar-refractivity contribution in [3.05, 3.63) is 240 Å². The highest BCUT2D eigenvalue weighted by atomic mass is 15.2. The number of hydrogen-bond acceptors (Lipinski definition) is 2. The van der Waals surface area contributed by atoms with Crippen LogP contribution in [0.25, 0.3) is 32.3 Å². The first-order chi connectivity index (χ1) is 31.1. The standard InChI is InChI=1S/C62H56N2/c1-43-25-33-49(34-26-43)63(51-37-29-47(30-38-51)61(3,4)45-17-9-7-10-18-45)59-41-57-54-22-14-16-24-56(54)60(42-58(57)53-21-13-15-23-55(53)59)64(50-35-27-44(2)28-36-50)52-39-31-48(32-40-52)62(5,6)46-19-11-8-12-20-46/h7-11,13-19,21-42H,12,20H2,1-6H3. The lowest BCUT2D eigenvalue weighted by molar-refractivity contribution is 0.590. The molecule has 0 aromatic heterocycles. The molecule has 0 amide bonds. The van der Waals surface area contributed by atoms with Crippen LogP contribution >= 0.6 is 0 Å². The predicted octanol–water partition coefficient (Wildman–Crippen LogP) is 17.6. The topological polar surface area (TPSA) is 6.48 Å². The molecule has 64 heavy (non-hydrogen) atoms. The van der Waals surface area contributed by atoms with Gasteiger partial charge in [0, 0.05) is 44.4 Å². The molecule has 0 saturated heterocycles. The Bertz CT molecular complexity index is 3190. The van der Waals surface area contributed by atoms with Crippen LogP contribution in [-0.2, 0) is 10.8 Å². The summed E-state index contributed by atoms with van der Waals surface area (Å²) in [5, 5.41) is 7.29. The Hall–Kier alpha value is -7.16. The number of allylic oxidation sites excluding steroid dienone is 4. The van der Waals surface area contributed by atoms with Gasteiger partial charge < -0.3 is 9.80 Å². The van der Waals surface area contributed by atoms with E-state index < -0.39 is 0 Å². The lowest BCUT2D eigenvalue weighted by atomic mass is 9.75. The molecule has 2 heteroatoms. The quantitative estimate of drug-likeness (QED) is 0.127. The third-order valence-electron chi connectivity index (χ3n) is 13.9. The van der Waals surface area contributed by atoms with Gasteiger partial charge in [0.1, 0.15) is 0 Å². The Morgan fingerprint density at radius 1 is 0.375 bits per heavy atom. The highest BCUT2D eigenvalue weighted by molar-refractivity contribution is 6.24. The molecule has 314 valence electrons. The lowest BCUT2D eigenvalue weighted by Crippen LogP contribution is -2.21. The predicted molar refractivity (Wildman–Crippen MR) is 276 cm³/mol. The number of benzene rings is 9. The van der Waals surface area contributed by atoms with Gasteiger partial charge in [-0.05, 0) is 126 Å². The van der Waals surface area contributed by atoms with Gasteiger partial charge in [0.2, 0.25) is 0 Å². The van der Waals surface area contributed by atoms with E-state index in [0.717, 1.165) is 47.0 Å². The third-order valence-corrected chi connectivity index (χ3v) is 13.9. The molecule has 0 spiro atoms. The summed E-state index contributed by atoms with van der Waals surface area (Å²) in [6.07, 6.45) is 9.01. The van der Waals surface area contributed by atoms with E-state index in [-0.39, 0.29) is 10.8 Å². The van der Waals surface area contributed by atoms with Gasteiger partial charge in [0.25, 0.3) is 0 Å². The first kappa shape index (κ1) is 40.9. The molecule has 0 bridgehead atoms. The fraction of sp³-hybridized carbons (Fsp3) is 0.161. The van der Waals surface area contributed by atoms with Crippen molar-refractivity contribution in [3.63, 3.8) is 0 Å². The summed E-state index contributed by atoms with van der Waals surface area (Å²) in [6, 6.07) is 70.1. The van der Waals surface area contributed by atoms with Crippen molar-refractivity contribution >= 4 is 66.4 Å². The van der Waals surface area contributed by atoms with E-state index in [1.54, 1.807) is 0 Å². The zero-order valence-electron chi connectivity index (χ0n) is 37.9. The smallest absolute Gasteiger partial charge is 0.0546 e. The van der Waals surface area contributed by atoms with E-state index in [4.69, 9.17) is 0 Å². The Morgan fingerprint density at radius 2 is 0.750 bits per heavy atom. The molecule has 2 nitrogen and oxygen atoms in total. The molecule has 0 atom stereocenters. The zero-order valence-corrected chi connectivity index (χ0v) is 37.9. The fourth-order valence-corrected chi connectivity index (χ4v) is 9.91. The second-order valence-corrected chi connectivity index (χ2v) is 18.7. The van der Waals surface area contributed by atoms with Crippen molar-refractivity contribution in [2.45, 2.75) is 65.2 Å². The maximum Gasteiger partial charge on any atom is 0.0546 e. The van der Waals surface area contributed by atoms with Gasteiger partial charge in [-0.1, -0.05) is 190 Å². The monoisotopic (exact) mass is 828 g/mol. The van der Waals surface area contributed by atoms with Gasteiger partial charge in [0.15, 0.2) is 0 Å². The number of rotatable bonds is 10. The highest BCUT2D eigenvalue weighted by Crippen LogP contribution is 2.48. The van der Waals surface area contributed by atoms with Gasteiger partial charge in [0.05, 0.1) is 11.4 Å². The first-order valence-electron chi connectivity index (χ1n) is 22.8. The average molecular weight is 829 g/mol. The zero-order chi connectivity index (χ0) is 44.0. The largest absolute Gasteiger partial charge is 0.310 e. The van der Waals surface area contributed by atoms with Crippen molar-refractivity contribution < 1.29 is 0 Å². The van der Waals surface area contributed by atoms with Crippen molar-refractivity contribution in [2.24, 2.45) is 0 Å². The van der Waals surface area contributed by atoms with Crippen LogP contribution in [0.5, 0.6) is 0 Å². The van der Waals surface area contributed by atoms with Crippen LogP contribution in [0.2, 0.25) is 0 Å². The molecule has 1 aliphatic carbocycles. The van der Waals surface area contributed by atoms with Crippen molar-refractivity contribution in [1.29, 1.82) is 0 Å². The number of aryl methyl sites for hydroxylation is 2. The average Bonchev–Trinajstić information content (AvgIpc) is 3.34. The number of hydrogen-bond donors (Lipinski definition) is 0. The van der Waals surface area contributed by atoms with Crippen LogP contribution in [0, 0.1) is 13.8 Å². The van der Waals surface area contributed by atoms with E-state index in [0.29, 0.717) is 0 Å². The van der Waals surface area contributed by atoms with E-state index >= 15 is 0 Å². The summed E-state index contributed by atoms with van der Waals surface area (Å²) in [7, 11) is 0. The number of anilines is 6. The molecule has 9 aromatic carbocycles. The van der Waals surface area contributed by atoms with Crippen LogP contribution < -0.4 is 9.80 Å². The molecule has 0 aliphatic heterocycles. The molecule has 0 heterocycles. The SMILES string of the molecule is Cc1ccc(N(c2ccc(C(C)(C)C3=CC=CCC3)cc2)c2cc3c4ccccc4c(N(c4ccc(C)cc4)c4ccc(C(C)(C)c5ccccc5)cc4)cc3c3ccccc23)cc1. The molecular weight excluding hydrogens is 773 g/mol. The van der Waals surface area contributed by atoms with E-state index in [9.17, 15) is 0 Å². The van der Waals surface area contributed by atoms with Crippen molar-refractivity contribution in [1.82, 2.24) is 0 Å². The van der Waals surface area contributed by atoms with Crippen molar-refractivity contribution in [2.75, 3.05) is 9.80 Å². The van der Waals surface area contributed by atoms with Crippen LogP contribution in [0.4, 0.5) is 34.1 Å². The van der Waals surface area contributed by atoms with Crippen LogP contribution in [-0.4, -0.2) is 0 Å². The van der Waals surface area contributed by atoms with Gasteiger partial charge in [-0.3, -0.25) is 0 Å². The number of fused-ring (bicyclic) bond motifs is 5. The van der Waals surface area contributed by atoms with Gasteiger partial charge >= 0.3 is 0 Å². The molecule has 0 N–H and O–H groups in total. The normalized spacial score (nSPS) is 13.1. The Kier molecular flexibility index (Phi) is 10.6. The molecule has 9 aromatic rings. The second kappa shape index (κ2) is 16.5. The van der Waals surface area contributed by atoms with Gasteiger partial charge in [-0.2, -0.15) is 0 Å². The molecule has 0 saturated carbocycles. The Balaban J connectivity index is 1.17. The maximum absolute atomic E-state index is 2.46. The minimum Gasteiger partial charge on any atom is -0.310 e. The molecule has 0 radical (unpaired) electrons. The minimum atomic E-state index is -0.142. The van der Waals surface area contributed by atoms with Gasteiger partial charge in [-0.25, -0.2) is 0 Å². The lowest BCUT2D eigenvalue weighted by Gasteiger charge is -2.32. The summed E-state index contributed by atoms with van der Waals surface area (Å²) >= 11 is 0. The highest BCUT2D eigenvalue weighted by Gasteiger charge is 2.28. The fourth-order valence-electron chi connectivity index (χ4n) is 9.91. The van der Waals surface area contributed by atoms with E-state index in [2.05, 4.69) is 258 Å². The summed E-state index contributed by atoms with van der Waals surface area (Å²) in [5.41, 5.74) is 14.5. The van der Waals surface area contributed by atoms with E-state index in [1.165, 1.54) is 65.7 Å². The summed E-state index contributed by atoms with van der Waals surface area (Å²) in [4.78, 5) is 4.91. The number of nitrogens with zero attached hydrogens (tertiary/aromatic N) is 2. The second-order valence-electron chi connectivity index (χ2n) is 18.7. The van der Waals surface area contributed by atoms with E-state index in [1.807, 2.05) is 0 Å². The van der Waals surface area contributed by atoms with Gasteiger partial charge in [-0.15, -0.1) is 0 Å². The molecule has 1 aliphatic rings. The molecule has 0 unspecified atom stereocenters. The first-order valence-corrected chi connectivity index (χ1v) is 22.8. The third kappa shape index (κ3) is 7.37. The minimum absolute atomic E-state index is 0.0580. The Labute approximate surface area is 379 Å². The Morgan fingerprint density at radius 3 is 1.17 bits per heavy atom. The summed E-state index contributed by atoms with van der Waals surface area (Å²) in [5.74, 6) is 0. The van der Waals surface area contributed by atoms with Crippen LogP contribution in [0.3, 0.4) is 0 Å².